The van der Waals surface area contributed by atoms with Crippen LogP contribution in [0.1, 0.15) is 26.7 Å². The predicted molar refractivity (Wildman–Crippen MR) is 32.5 cm³/mol. The van der Waals surface area contributed by atoms with Gasteiger partial charge in [0, 0.05) is 6.61 Å². The Kier molecular flexibility index (Phi) is 3.83. The molecule has 0 saturated carbocycles. The summed E-state index contributed by atoms with van der Waals surface area (Å²) in [6.45, 7) is 0.737. The second-order valence-corrected chi connectivity index (χ2v) is 1.82. The fraction of sp³-hybridized carbons (Fsp3) is 1.00. The van der Waals surface area contributed by atoms with E-state index in [1.807, 2.05) is 0 Å². The monoisotopic (exact) mass is 118 g/mol. The second-order valence-electron chi connectivity index (χ2n) is 1.82. The van der Waals surface area contributed by atoms with Crippen molar-refractivity contribution in [1.82, 2.24) is 0 Å². The van der Waals surface area contributed by atoms with Gasteiger partial charge in [-0.05, 0) is 19.3 Å². The van der Waals surface area contributed by atoms with Crippen LogP contribution in [0.15, 0.2) is 0 Å². The highest BCUT2D eigenvalue weighted by Gasteiger charge is 2.07. The highest BCUT2D eigenvalue weighted by atomic mass is 16.6. The van der Waals surface area contributed by atoms with E-state index in [0.29, 0.717) is 0 Å². The van der Waals surface area contributed by atoms with Crippen molar-refractivity contribution >= 4 is 0 Å². The van der Waals surface area contributed by atoms with Crippen LogP contribution >= 0.6 is 0 Å². The molecule has 0 aromatic carbocycles. The number of ether oxygens (including phenoxy) is 1. The first-order chi connectivity index (χ1) is 3.39. The normalized spacial score (nSPS) is 28.9. The highest BCUT2D eigenvalue weighted by molar-refractivity contribution is 4.50. The van der Waals surface area contributed by atoms with Gasteiger partial charge in [-0.25, -0.2) is 0 Å². The summed E-state index contributed by atoms with van der Waals surface area (Å²) >= 11 is 0. The Bertz CT molecular complexity index is 48.5. The Hall–Kier alpha value is -0.0800. The molecule has 0 spiro atoms. The fourth-order valence-electron chi connectivity index (χ4n) is 0.724. The van der Waals surface area contributed by atoms with Crippen molar-refractivity contribution in [2.75, 3.05) is 6.61 Å². The molecule has 0 radical (unpaired) electrons. The molecule has 1 fully saturated rings. The van der Waals surface area contributed by atoms with E-state index in [-0.39, 0.29) is 7.43 Å². The lowest BCUT2D eigenvalue weighted by atomic mass is 10.2. The zero-order valence-corrected chi connectivity index (χ0v) is 4.26. The van der Waals surface area contributed by atoms with Gasteiger partial charge in [0.05, 0.1) is 0 Å². The molecular weight excluding hydrogens is 104 g/mol. The Balaban J connectivity index is 0.000000490. The van der Waals surface area contributed by atoms with E-state index < -0.39 is 6.29 Å². The number of aliphatic hydroxyl groups is 1. The van der Waals surface area contributed by atoms with E-state index in [2.05, 4.69) is 0 Å². The van der Waals surface area contributed by atoms with Crippen LogP contribution in [-0.4, -0.2) is 18.0 Å². The molecule has 1 atom stereocenters. The molecule has 0 amide bonds. The van der Waals surface area contributed by atoms with Crippen LogP contribution in [0.3, 0.4) is 0 Å². The summed E-state index contributed by atoms with van der Waals surface area (Å²) in [6.07, 6.45) is 2.58. The molecule has 1 aliphatic rings. The van der Waals surface area contributed by atoms with Gasteiger partial charge in [-0.2, -0.15) is 0 Å². The summed E-state index contributed by atoms with van der Waals surface area (Å²) in [5, 5.41) is 8.69. The quantitative estimate of drug-likeness (QED) is 0.517. The molecule has 50 valence electrons. The molecule has 1 aliphatic heterocycles. The maximum Gasteiger partial charge on any atom is 0.154 e. The van der Waals surface area contributed by atoms with Crippen LogP contribution in [0.25, 0.3) is 0 Å². The molecule has 1 N–H and O–H groups in total. The molecule has 8 heavy (non-hydrogen) atoms. The van der Waals surface area contributed by atoms with E-state index in [0.717, 1.165) is 25.9 Å². The van der Waals surface area contributed by atoms with Crippen LogP contribution in [-0.2, 0) is 4.74 Å². The van der Waals surface area contributed by atoms with Crippen LogP contribution in [0.4, 0.5) is 0 Å². The predicted octanol–water partition coefficient (Wildman–Crippen LogP) is 1.14. The molecule has 1 rings (SSSR count). The Morgan fingerprint density at radius 2 is 2.12 bits per heavy atom. The lowest BCUT2D eigenvalue weighted by Gasteiger charge is -2.16. The molecule has 2 nitrogen and oxygen atoms in total. The lowest BCUT2D eigenvalue weighted by molar-refractivity contribution is -0.123. The van der Waals surface area contributed by atoms with Crippen molar-refractivity contribution in [1.29, 1.82) is 0 Å². The van der Waals surface area contributed by atoms with Crippen molar-refractivity contribution < 1.29 is 9.84 Å². The maximum absolute atomic E-state index is 8.69. The van der Waals surface area contributed by atoms with Crippen molar-refractivity contribution in [2.45, 2.75) is 33.0 Å². The van der Waals surface area contributed by atoms with Crippen LogP contribution in [0.2, 0.25) is 0 Å². The van der Waals surface area contributed by atoms with Crippen LogP contribution < -0.4 is 0 Å². The topological polar surface area (TPSA) is 29.5 Å². The van der Waals surface area contributed by atoms with Gasteiger partial charge < -0.3 is 9.84 Å². The number of rotatable bonds is 0. The maximum atomic E-state index is 8.69. The largest absolute Gasteiger partial charge is 0.368 e. The standard InChI is InChI=1S/C5H10O2.CH4/c6-5-3-1-2-4-7-5;/h5-6H,1-4H2;1H4. The van der Waals surface area contributed by atoms with Gasteiger partial charge in [0.25, 0.3) is 0 Å². The van der Waals surface area contributed by atoms with E-state index in [9.17, 15) is 0 Å². The third-order valence-electron chi connectivity index (χ3n) is 1.16. The minimum Gasteiger partial charge on any atom is -0.368 e. The first-order valence-corrected chi connectivity index (χ1v) is 2.69. The third-order valence-corrected chi connectivity index (χ3v) is 1.16. The van der Waals surface area contributed by atoms with E-state index >= 15 is 0 Å². The average molecular weight is 118 g/mol. The summed E-state index contributed by atoms with van der Waals surface area (Å²) < 4.78 is 4.83. The minimum absolute atomic E-state index is 0. The highest BCUT2D eigenvalue weighted by Crippen LogP contribution is 2.08. The Labute approximate surface area is 50.5 Å². The van der Waals surface area contributed by atoms with Crippen molar-refractivity contribution in [3.63, 3.8) is 0 Å². The number of aliphatic hydroxyl groups excluding tert-OH is 1. The molecule has 0 aliphatic carbocycles. The summed E-state index contributed by atoms with van der Waals surface area (Å²) in [4.78, 5) is 0. The van der Waals surface area contributed by atoms with Gasteiger partial charge in [-0.1, -0.05) is 7.43 Å². The van der Waals surface area contributed by atoms with Gasteiger partial charge in [0.1, 0.15) is 0 Å². The zero-order chi connectivity index (χ0) is 5.11. The molecule has 1 heterocycles. The molecular formula is C6H14O2. The third kappa shape index (κ3) is 2.28. The van der Waals surface area contributed by atoms with Gasteiger partial charge in [0.2, 0.25) is 0 Å². The van der Waals surface area contributed by atoms with Gasteiger partial charge in [-0.15, -0.1) is 0 Å². The van der Waals surface area contributed by atoms with E-state index in [4.69, 9.17) is 9.84 Å². The Morgan fingerprint density at radius 1 is 1.38 bits per heavy atom. The van der Waals surface area contributed by atoms with E-state index in [1.165, 1.54) is 0 Å². The SMILES string of the molecule is C.OC1CCCCO1. The molecule has 0 aromatic rings. The summed E-state index contributed by atoms with van der Waals surface area (Å²) in [5.41, 5.74) is 0. The van der Waals surface area contributed by atoms with Crippen LogP contribution in [0.5, 0.6) is 0 Å². The molecule has 0 bridgehead atoms. The molecule has 1 unspecified atom stereocenters. The van der Waals surface area contributed by atoms with Gasteiger partial charge >= 0.3 is 0 Å². The fourth-order valence-corrected chi connectivity index (χ4v) is 0.724. The molecule has 1 saturated heterocycles. The van der Waals surface area contributed by atoms with Crippen LogP contribution in [0, 0.1) is 0 Å². The summed E-state index contributed by atoms with van der Waals surface area (Å²) in [5.74, 6) is 0. The van der Waals surface area contributed by atoms with E-state index in [1.54, 1.807) is 0 Å². The van der Waals surface area contributed by atoms with Gasteiger partial charge in [-0.3, -0.25) is 0 Å². The lowest BCUT2D eigenvalue weighted by Crippen LogP contribution is -2.17. The second kappa shape index (κ2) is 3.87. The minimum atomic E-state index is -0.464. The summed E-state index contributed by atoms with van der Waals surface area (Å²) in [7, 11) is 0. The average Bonchev–Trinajstić information content (AvgIpc) is 1.69. The van der Waals surface area contributed by atoms with Crippen molar-refractivity contribution in [2.24, 2.45) is 0 Å². The van der Waals surface area contributed by atoms with Crippen molar-refractivity contribution in [3.05, 3.63) is 0 Å². The zero-order valence-electron chi connectivity index (χ0n) is 4.26. The summed E-state index contributed by atoms with van der Waals surface area (Å²) in [6, 6.07) is 0. The molecule has 2 heteroatoms. The first kappa shape index (κ1) is 7.92. The molecule has 0 aromatic heterocycles. The number of hydrogen-bond donors (Lipinski definition) is 1. The number of hydrogen-bond acceptors (Lipinski definition) is 2. The van der Waals surface area contributed by atoms with Crippen molar-refractivity contribution in [3.8, 4) is 0 Å². The smallest absolute Gasteiger partial charge is 0.154 e. The van der Waals surface area contributed by atoms with Gasteiger partial charge in [0.15, 0.2) is 6.29 Å². The Morgan fingerprint density at radius 3 is 2.38 bits per heavy atom. The first-order valence-electron chi connectivity index (χ1n) is 2.69.